The summed E-state index contributed by atoms with van der Waals surface area (Å²) in [5.74, 6) is 0.530. The van der Waals surface area contributed by atoms with Crippen LogP contribution >= 0.6 is 0 Å². The maximum absolute atomic E-state index is 12.3. The number of hydrogen-bond donors (Lipinski definition) is 2. The van der Waals surface area contributed by atoms with Gasteiger partial charge in [-0.1, -0.05) is 12.8 Å². The van der Waals surface area contributed by atoms with Crippen LogP contribution in [0.1, 0.15) is 44.9 Å². The monoisotopic (exact) mass is 333 g/mol. The molecule has 2 aliphatic carbocycles. The second-order valence-corrected chi connectivity index (χ2v) is 7.47. The number of aryl methyl sites for hydroxylation is 1. The summed E-state index contributed by atoms with van der Waals surface area (Å²) in [4.78, 5) is 12.3. The highest BCUT2D eigenvalue weighted by atomic mass is 16.5. The molecule has 4 rings (SSSR count). The molecule has 2 heterocycles. The molecule has 1 spiro atoms. The van der Waals surface area contributed by atoms with Crippen molar-refractivity contribution < 1.29 is 9.53 Å². The molecule has 2 amide bonds. The van der Waals surface area contributed by atoms with Crippen LogP contribution in [-0.2, 0) is 11.3 Å². The predicted molar refractivity (Wildman–Crippen MR) is 88.3 cm³/mol. The molecule has 3 atom stereocenters. The number of fused-ring (bicyclic) bond motifs is 2. The number of ether oxygens (including phenoxy) is 1. The Hall–Kier alpha value is -1.63. The van der Waals surface area contributed by atoms with Crippen LogP contribution in [0, 0.1) is 11.3 Å². The second kappa shape index (κ2) is 6.70. The first kappa shape index (κ1) is 15.9. The van der Waals surface area contributed by atoms with Gasteiger partial charge < -0.3 is 19.9 Å². The van der Waals surface area contributed by atoms with Crippen molar-refractivity contribution in [2.24, 2.45) is 11.3 Å². The lowest BCUT2D eigenvalue weighted by Crippen LogP contribution is -2.69. The van der Waals surface area contributed by atoms with Crippen LogP contribution < -0.4 is 10.6 Å². The third kappa shape index (κ3) is 2.79. The van der Waals surface area contributed by atoms with E-state index in [1.165, 1.54) is 25.7 Å². The Balaban J connectivity index is 1.20. The topological polar surface area (TPSA) is 81.1 Å². The number of carbonyl (C=O) groups is 1. The van der Waals surface area contributed by atoms with Crippen LogP contribution in [0.15, 0.2) is 12.7 Å². The van der Waals surface area contributed by atoms with E-state index in [0.717, 1.165) is 32.4 Å². The summed E-state index contributed by atoms with van der Waals surface area (Å²) < 4.78 is 7.92. The molecule has 7 heteroatoms. The smallest absolute Gasteiger partial charge is 0.315 e. The molecule has 2 saturated carbocycles. The average molecular weight is 333 g/mol. The summed E-state index contributed by atoms with van der Waals surface area (Å²) in [5, 5.41) is 13.9. The molecule has 132 valence electrons. The van der Waals surface area contributed by atoms with Gasteiger partial charge in [0.2, 0.25) is 0 Å². The molecule has 0 unspecified atom stereocenters. The van der Waals surface area contributed by atoms with Gasteiger partial charge in [0.05, 0.1) is 6.10 Å². The van der Waals surface area contributed by atoms with E-state index < -0.39 is 0 Å². The highest BCUT2D eigenvalue weighted by Gasteiger charge is 2.65. The minimum Gasteiger partial charge on any atom is -0.377 e. The highest BCUT2D eigenvalue weighted by Crippen LogP contribution is 2.60. The summed E-state index contributed by atoms with van der Waals surface area (Å²) in [6, 6.07) is 0.297. The van der Waals surface area contributed by atoms with Crippen molar-refractivity contribution in [3.8, 4) is 0 Å². The molecule has 7 nitrogen and oxygen atoms in total. The Morgan fingerprint density at radius 1 is 1.25 bits per heavy atom. The molecule has 1 aromatic heterocycles. The molecule has 1 saturated heterocycles. The fraction of sp³-hybridized carbons (Fsp3) is 0.824. The van der Waals surface area contributed by atoms with E-state index >= 15 is 0 Å². The first-order valence-corrected chi connectivity index (χ1v) is 9.28. The number of hydrogen-bond acceptors (Lipinski definition) is 4. The Labute approximate surface area is 142 Å². The fourth-order valence-corrected chi connectivity index (χ4v) is 5.06. The molecule has 0 radical (unpaired) electrons. The van der Waals surface area contributed by atoms with E-state index in [0.29, 0.717) is 24.6 Å². The Bertz CT molecular complexity index is 555. The first-order chi connectivity index (χ1) is 11.8. The number of amides is 2. The molecule has 2 N–H and O–H groups in total. The third-order valence-electron chi connectivity index (χ3n) is 6.17. The molecule has 0 aromatic carbocycles. The average Bonchev–Trinajstić information content (AvgIpc) is 3.31. The number of carbonyl (C=O) groups excluding carboxylic acids is 1. The van der Waals surface area contributed by atoms with Gasteiger partial charge in [0.15, 0.2) is 0 Å². The number of aromatic nitrogens is 3. The molecule has 0 bridgehead atoms. The standard InChI is InChI=1S/C17H27N5O2/c23-16(18-8-3-4-9-22-11-19-20-12-22)21-14-13-5-10-24-15(13)17(14)6-1-2-7-17/h11-15H,1-10H2,(H2,18,21,23)/t13-,14+,15+/m0/s1. The summed E-state index contributed by atoms with van der Waals surface area (Å²) in [5.41, 5.74) is 0.229. The van der Waals surface area contributed by atoms with E-state index in [4.69, 9.17) is 4.74 Å². The lowest BCUT2D eigenvalue weighted by Gasteiger charge is -2.56. The van der Waals surface area contributed by atoms with Gasteiger partial charge in [-0.05, 0) is 32.1 Å². The van der Waals surface area contributed by atoms with Gasteiger partial charge in [-0.15, -0.1) is 10.2 Å². The van der Waals surface area contributed by atoms with E-state index in [-0.39, 0.29) is 11.4 Å². The SMILES string of the molecule is O=C(NCCCCn1cnnc1)N[C@@H]1[C@@H]2CCO[C@H]2C12CCCC2. The fourth-order valence-electron chi connectivity index (χ4n) is 5.06. The number of unbranched alkanes of at least 4 members (excludes halogenated alkanes) is 1. The summed E-state index contributed by atoms with van der Waals surface area (Å²) in [6.45, 7) is 2.46. The Morgan fingerprint density at radius 2 is 2.04 bits per heavy atom. The van der Waals surface area contributed by atoms with Crippen molar-refractivity contribution in [3.63, 3.8) is 0 Å². The van der Waals surface area contributed by atoms with E-state index in [1.54, 1.807) is 12.7 Å². The number of nitrogens with one attached hydrogen (secondary N) is 2. The third-order valence-corrected chi connectivity index (χ3v) is 6.17. The van der Waals surface area contributed by atoms with E-state index in [1.807, 2.05) is 4.57 Å². The van der Waals surface area contributed by atoms with E-state index in [2.05, 4.69) is 20.8 Å². The van der Waals surface area contributed by atoms with Crippen molar-refractivity contribution in [1.82, 2.24) is 25.4 Å². The predicted octanol–water partition coefficient (Wildman–Crippen LogP) is 1.71. The van der Waals surface area contributed by atoms with Crippen molar-refractivity contribution >= 4 is 6.03 Å². The van der Waals surface area contributed by atoms with Gasteiger partial charge in [-0.25, -0.2) is 4.79 Å². The Morgan fingerprint density at radius 3 is 2.83 bits per heavy atom. The highest BCUT2D eigenvalue weighted by molar-refractivity contribution is 5.74. The van der Waals surface area contributed by atoms with Crippen molar-refractivity contribution in [2.75, 3.05) is 13.2 Å². The van der Waals surface area contributed by atoms with Gasteiger partial charge >= 0.3 is 6.03 Å². The van der Waals surface area contributed by atoms with Gasteiger partial charge in [-0.2, -0.15) is 0 Å². The van der Waals surface area contributed by atoms with Crippen LogP contribution in [0.3, 0.4) is 0 Å². The molecule has 1 aromatic rings. The minimum absolute atomic E-state index is 0.0130. The first-order valence-electron chi connectivity index (χ1n) is 9.28. The molecule has 3 fully saturated rings. The molecular formula is C17H27N5O2. The number of rotatable bonds is 6. The minimum atomic E-state index is -0.0130. The summed E-state index contributed by atoms with van der Waals surface area (Å²) >= 11 is 0. The lowest BCUT2D eigenvalue weighted by atomic mass is 9.54. The van der Waals surface area contributed by atoms with Crippen LogP contribution in [0.25, 0.3) is 0 Å². The summed E-state index contributed by atoms with van der Waals surface area (Å²) in [7, 11) is 0. The maximum atomic E-state index is 12.3. The van der Waals surface area contributed by atoms with Crippen LogP contribution in [-0.4, -0.2) is 46.1 Å². The molecule has 1 aliphatic heterocycles. The summed E-state index contributed by atoms with van der Waals surface area (Å²) in [6.07, 6.45) is 11.8. The normalized spacial score (nSPS) is 30.1. The molecule has 3 aliphatic rings. The largest absolute Gasteiger partial charge is 0.377 e. The molecule has 24 heavy (non-hydrogen) atoms. The van der Waals surface area contributed by atoms with Crippen LogP contribution in [0.4, 0.5) is 4.79 Å². The Kier molecular flexibility index (Phi) is 4.43. The zero-order valence-electron chi connectivity index (χ0n) is 14.1. The van der Waals surface area contributed by atoms with Gasteiger partial charge in [0, 0.05) is 37.1 Å². The maximum Gasteiger partial charge on any atom is 0.315 e. The second-order valence-electron chi connectivity index (χ2n) is 7.47. The lowest BCUT2D eigenvalue weighted by molar-refractivity contribution is -0.126. The van der Waals surface area contributed by atoms with Crippen molar-refractivity contribution in [1.29, 1.82) is 0 Å². The molecular weight excluding hydrogens is 306 g/mol. The quantitative estimate of drug-likeness (QED) is 0.777. The van der Waals surface area contributed by atoms with Crippen molar-refractivity contribution in [3.05, 3.63) is 12.7 Å². The van der Waals surface area contributed by atoms with Crippen molar-refractivity contribution in [2.45, 2.75) is 63.6 Å². The van der Waals surface area contributed by atoms with Gasteiger partial charge in [-0.3, -0.25) is 0 Å². The number of nitrogens with zero attached hydrogens (tertiary/aromatic N) is 3. The van der Waals surface area contributed by atoms with Gasteiger partial charge in [0.1, 0.15) is 12.7 Å². The van der Waals surface area contributed by atoms with E-state index in [9.17, 15) is 4.79 Å². The van der Waals surface area contributed by atoms with Crippen LogP contribution in [0.2, 0.25) is 0 Å². The zero-order chi connectivity index (χ0) is 16.4. The van der Waals surface area contributed by atoms with Gasteiger partial charge in [0.25, 0.3) is 0 Å². The number of urea groups is 1. The van der Waals surface area contributed by atoms with Crippen LogP contribution in [0.5, 0.6) is 0 Å². The zero-order valence-corrected chi connectivity index (χ0v) is 14.1.